The summed E-state index contributed by atoms with van der Waals surface area (Å²) in [6, 6.07) is 0.509. The molecule has 0 heterocycles. The molecule has 1 rings (SSSR count). The zero-order valence-corrected chi connectivity index (χ0v) is 12.4. The molecule has 2 nitrogen and oxygen atoms in total. The Morgan fingerprint density at radius 1 is 1.29 bits per heavy atom. The Hall–Kier alpha value is -0.0800. The van der Waals surface area contributed by atoms with Gasteiger partial charge in [0.05, 0.1) is 5.60 Å². The zero-order valence-electron chi connectivity index (χ0n) is 12.4. The predicted octanol–water partition coefficient (Wildman–Crippen LogP) is 3.61. The maximum absolute atomic E-state index is 6.00. The highest BCUT2D eigenvalue weighted by molar-refractivity contribution is 4.98. The highest BCUT2D eigenvalue weighted by Crippen LogP contribution is 2.39. The topological polar surface area (TPSA) is 21.3 Å². The van der Waals surface area contributed by atoms with Crippen molar-refractivity contribution in [2.75, 3.05) is 13.7 Å². The van der Waals surface area contributed by atoms with Crippen LogP contribution in [0.5, 0.6) is 0 Å². The van der Waals surface area contributed by atoms with Crippen LogP contribution < -0.4 is 5.32 Å². The monoisotopic (exact) mass is 241 g/mol. The minimum Gasteiger partial charge on any atom is -0.377 e. The molecule has 1 saturated carbocycles. The first-order chi connectivity index (χ1) is 8.09. The molecule has 2 heteroatoms. The molecule has 0 aliphatic heterocycles. The fourth-order valence-corrected chi connectivity index (χ4v) is 3.25. The van der Waals surface area contributed by atoms with Crippen LogP contribution >= 0.6 is 0 Å². The molecule has 1 fully saturated rings. The van der Waals surface area contributed by atoms with Crippen LogP contribution in [0.2, 0.25) is 0 Å². The molecule has 1 N–H and O–H groups in total. The standard InChI is InChI=1S/C15H31NO/c1-6-13(4)14(16-7-2)15(17-5)10-8-12(3)9-11-15/h12-14,16H,6-11H2,1-5H3. The van der Waals surface area contributed by atoms with E-state index in [1.165, 1.54) is 32.1 Å². The second-order valence-electron chi connectivity index (χ2n) is 5.87. The van der Waals surface area contributed by atoms with Gasteiger partial charge >= 0.3 is 0 Å². The fraction of sp³-hybridized carbons (Fsp3) is 1.00. The van der Waals surface area contributed by atoms with Crippen LogP contribution in [-0.2, 0) is 4.74 Å². The maximum Gasteiger partial charge on any atom is 0.0833 e. The van der Waals surface area contributed by atoms with Crippen molar-refractivity contribution in [3.63, 3.8) is 0 Å². The lowest BCUT2D eigenvalue weighted by Gasteiger charge is -2.46. The lowest BCUT2D eigenvalue weighted by atomic mass is 9.71. The van der Waals surface area contributed by atoms with E-state index in [1.54, 1.807) is 0 Å². The molecule has 0 bridgehead atoms. The summed E-state index contributed by atoms with van der Waals surface area (Å²) in [4.78, 5) is 0. The Morgan fingerprint density at radius 3 is 2.29 bits per heavy atom. The smallest absolute Gasteiger partial charge is 0.0833 e. The summed E-state index contributed by atoms with van der Waals surface area (Å²) >= 11 is 0. The van der Waals surface area contributed by atoms with Crippen molar-refractivity contribution >= 4 is 0 Å². The molecule has 0 aromatic rings. The van der Waals surface area contributed by atoms with Crippen molar-refractivity contribution in [2.24, 2.45) is 11.8 Å². The van der Waals surface area contributed by atoms with Crippen molar-refractivity contribution in [1.82, 2.24) is 5.32 Å². The summed E-state index contributed by atoms with van der Waals surface area (Å²) in [7, 11) is 1.91. The van der Waals surface area contributed by atoms with Crippen molar-refractivity contribution in [2.45, 2.75) is 71.4 Å². The van der Waals surface area contributed by atoms with Gasteiger partial charge in [-0.1, -0.05) is 34.1 Å². The van der Waals surface area contributed by atoms with E-state index in [2.05, 4.69) is 33.0 Å². The molecule has 17 heavy (non-hydrogen) atoms. The number of methoxy groups -OCH3 is 1. The van der Waals surface area contributed by atoms with Gasteiger partial charge < -0.3 is 10.1 Å². The quantitative estimate of drug-likeness (QED) is 0.767. The Morgan fingerprint density at radius 2 is 1.88 bits per heavy atom. The predicted molar refractivity (Wildman–Crippen MR) is 74.3 cm³/mol. The van der Waals surface area contributed by atoms with Crippen LogP contribution in [0.25, 0.3) is 0 Å². The highest BCUT2D eigenvalue weighted by Gasteiger charge is 2.42. The molecule has 1 aliphatic carbocycles. The summed E-state index contributed by atoms with van der Waals surface area (Å²) in [5.41, 5.74) is 0.0813. The lowest BCUT2D eigenvalue weighted by molar-refractivity contribution is -0.0866. The molecule has 0 saturated heterocycles. The third kappa shape index (κ3) is 3.45. The summed E-state index contributed by atoms with van der Waals surface area (Å²) in [5.74, 6) is 1.56. The van der Waals surface area contributed by atoms with Crippen LogP contribution in [-0.4, -0.2) is 25.3 Å². The third-order valence-electron chi connectivity index (χ3n) is 4.73. The van der Waals surface area contributed by atoms with Crippen LogP contribution in [0.3, 0.4) is 0 Å². The van der Waals surface area contributed by atoms with Crippen molar-refractivity contribution < 1.29 is 4.74 Å². The van der Waals surface area contributed by atoms with Gasteiger partial charge in [0, 0.05) is 13.2 Å². The van der Waals surface area contributed by atoms with E-state index in [0.717, 1.165) is 12.5 Å². The Balaban J connectivity index is 2.79. The van der Waals surface area contributed by atoms with E-state index in [0.29, 0.717) is 12.0 Å². The molecule has 0 aromatic heterocycles. The number of likely N-dealkylation sites (N-methyl/N-ethyl adjacent to an activating group) is 1. The Kier molecular flexibility index (Phi) is 5.94. The van der Waals surface area contributed by atoms with Gasteiger partial charge in [-0.05, 0) is 44.1 Å². The lowest BCUT2D eigenvalue weighted by Crippen LogP contribution is -2.56. The average Bonchev–Trinajstić information content (AvgIpc) is 2.37. The largest absolute Gasteiger partial charge is 0.377 e. The molecule has 2 unspecified atom stereocenters. The zero-order chi connectivity index (χ0) is 12.9. The van der Waals surface area contributed by atoms with Gasteiger partial charge in [-0.15, -0.1) is 0 Å². The van der Waals surface area contributed by atoms with Crippen LogP contribution in [0, 0.1) is 11.8 Å². The summed E-state index contributed by atoms with van der Waals surface area (Å²) in [5, 5.41) is 3.68. The SMILES string of the molecule is CCNC(C(C)CC)C1(OC)CCC(C)CC1. The normalized spacial score (nSPS) is 33.4. The van der Waals surface area contributed by atoms with E-state index >= 15 is 0 Å². The van der Waals surface area contributed by atoms with Crippen molar-refractivity contribution in [3.05, 3.63) is 0 Å². The van der Waals surface area contributed by atoms with E-state index in [-0.39, 0.29) is 5.60 Å². The number of rotatable bonds is 6. The molecule has 0 radical (unpaired) electrons. The molecule has 0 spiro atoms. The number of ether oxygens (including phenoxy) is 1. The summed E-state index contributed by atoms with van der Waals surface area (Å²) in [6.07, 6.45) is 6.27. The van der Waals surface area contributed by atoms with E-state index in [4.69, 9.17) is 4.74 Å². The first kappa shape index (κ1) is 15.0. The maximum atomic E-state index is 6.00. The Labute approximate surface area is 108 Å². The molecule has 0 amide bonds. The van der Waals surface area contributed by atoms with Gasteiger partial charge in [0.25, 0.3) is 0 Å². The third-order valence-corrected chi connectivity index (χ3v) is 4.73. The van der Waals surface area contributed by atoms with Crippen LogP contribution in [0.4, 0.5) is 0 Å². The molecule has 0 aromatic carbocycles. The summed E-state index contributed by atoms with van der Waals surface area (Å²) in [6.45, 7) is 10.2. The van der Waals surface area contributed by atoms with Gasteiger partial charge in [-0.2, -0.15) is 0 Å². The molecule has 102 valence electrons. The van der Waals surface area contributed by atoms with Gasteiger partial charge in [-0.3, -0.25) is 0 Å². The minimum atomic E-state index is 0.0813. The summed E-state index contributed by atoms with van der Waals surface area (Å²) < 4.78 is 6.00. The second kappa shape index (κ2) is 6.75. The van der Waals surface area contributed by atoms with Gasteiger partial charge in [-0.25, -0.2) is 0 Å². The van der Waals surface area contributed by atoms with E-state index in [1.807, 2.05) is 7.11 Å². The minimum absolute atomic E-state index is 0.0813. The van der Waals surface area contributed by atoms with Gasteiger partial charge in [0.2, 0.25) is 0 Å². The average molecular weight is 241 g/mol. The molecule has 1 aliphatic rings. The fourth-order valence-electron chi connectivity index (χ4n) is 3.25. The van der Waals surface area contributed by atoms with E-state index in [9.17, 15) is 0 Å². The molecule has 2 atom stereocenters. The van der Waals surface area contributed by atoms with Crippen molar-refractivity contribution in [1.29, 1.82) is 0 Å². The Bertz CT molecular complexity index is 209. The van der Waals surface area contributed by atoms with Crippen LogP contribution in [0.1, 0.15) is 59.8 Å². The highest BCUT2D eigenvalue weighted by atomic mass is 16.5. The van der Waals surface area contributed by atoms with Crippen LogP contribution in [0.15, 0.2) is 0 Å². The molecular formula is C15H31NO. The second-order valence-corrected chi connectivity index (χ2v) is 5.87. The number of hydrogen-bond donors (Lipinski definition) is 1. The first-order valence-electron chi connectivity index (χ1n) is 7.38. The van der Waals surface area contributed by atoms with Gasteiger partial charge in [0.1, 0.15) is 0 Å². The number of nitrogens with one attached hydrogen (secondary N) is 1. The van der Waals surface area contributed by atoms with Gasteiger partial charge in [0.15, 0.2) is 0 Å². The first-order valence-corrected chi connectivity index (χ1v) is 7.38. The number of hydrogen-bond acceptors (Lipinski definition) is 2. The van der Waals surface area contributed by atoms with Crippen molar-refractivity contribution in [3.8, 4) is 0 Å². The molecular weight excluding hydrogens is 210 g/mol. The van der Waals surface area contributed by atoms with E-state index < -0.39 is 0 Å².